The molecular weight excluding hydrogens is 380 g/mol. The number of rotatable bonds is 6. The Bertz CT molecular complexity index is 1050. The summed E-state index contributed by atoms with van der Waals surface area (Å²) in [4.78, 5) is 12.6. The number of hydrogen-bond acceptors (Lipinski definition) is 5. The predicted octanol–water partition coefficient (Wildman–Crippen LogP) is 5.04. The van der Waals surface area contributed by atoms with Crippen molar-refractivity contribution in [1.29, 1.82) is 0 Å². The first-order valence-electron chi connectivity index (χ1n) is 9.53. The van der Waals surface area contributed by atoms with E-state index in [9.17, 15) is 4.79 Å². The molecule has 0 aliphatic heterocycles. The number of carbonyl (C=O) groups is 1. The summed E-state index contributed by atoms with van der Waals surface area (Å²) in [7, 11) is 4.65. The number of methoxy groups -OCH3 is 3. The number of ether oxygens (including phenoxy) is 4. The van der Waals surface area contributed by atoms with Gasteiger partial charge in [0.2, 0.25) is 5.75 Å². The average molecular weight is 402 g/mol. The molecule has 0 saturated heterocycles. The lowest BCUT2D eigenvalue weighted by molar-refractivity contribution is -0.141. The molecule has 152 valence electrons. The smallest absolute Gasteiger partial charge is 0.331 e. The van der Waals surface area contributed by atoms with Crippen LogP contribution in [0.25, 0.3) is 17.2 Å². The maximum absolute atomic E-state index is 12.6. The van der Waals surface area contributed by atoms with Crippen molar-refractivity contribution in [2.45, 2.75) is 6.10 Å². The van der Waals surface area contributed by atoms with Gasteiger partial charge in [-0.2, -0.15) is 0 Å². The third-order valence-electron chi connectivity index (χ3n) is 5.11. The summed E-state index contributed by atoms with van der Waals surface area (Å²) in [5.41, 5.74) is 4.91. The fourth-order valence-corrected chi connectivity index (χ4v) is 3.75. The molecule has 1 aliphatic carbocycles. The molecule has 3 aromatic rings. The molecule has 0 saturated carbocycles. The summed E-state index contributed by atoms with van der Waals surface area (Å²) in [6.45, 7) is 0. The van der Waals surface area contributed by atoms with Gasteiger partial charge in [0.1, 0.15) is 0 Å². The highest BCUT2D eigenvalue weighted by atomic mass is 16.5. The van der Waals surface area contributed by atoms with Gasteiger partial charge in [-0.25, -0.2) is 4.79 Å². The van der Waals surface area contributed by atoms with E-state index in [0.29, 0.717) is 17.2 Å². The SMILES string of the molecule is COc1cc(/C=C/C(=O)OC2c3ccccc3-c3ccccc32)cc(OC)c1OC. The van der Waals surface area contributed by atoms with E-state index in [4.69, 9.17) is 18.9 Å². The van der Waals surface area contributed by atoms with Crippen LogP contribution >= 0.6 is 0 Å². The van der Waals surface area contributed by atoms with E-state index >= 15 is 0 Å². The monoisotopic (exact) mass is 402 g/mol. The van der Waals surface area contributed by atoms with E-state index in [1.165, 1.54) is 6.08 Å². The Balaban J connectivity index is 1.58. The number of fused-ring (bicyclic) bond motifs is 3. The maximum atomic E-state index is 12.6. The highest BCUT2D eigenvalue weighted by Gasteiger charge is 2.30. The second-order valence-electron chi connectivity index (χ2n) is 6.78. The van der Waals surface area contributed by atoms with Gasteiger partial charge in [0.15, 0.2) is 17.6 Å². The summed E-state index contributed by atoms with van der Waals surface area (Å²) in [5, 5.41) is 0. The highest BCUT2D eigenvalue weighted by Crippen LogP contribution is 2.45. The van der Waals surface area contributed by atoms with Crippen molar-refractivity contribution in [3.63, 3.8) is 0 Å². The fourth-order valence-electron chi connectivity index (χ4n) is 3.75. The fraction of sp³-hybridized carbons (Fsp3) is 0.160. The number of hydrogen-bond donors (Lipinski definition) is 0. The van der Waals surface area contributed by atoms with Gasteiger partial charge in [-0.15, -0.1) is 0 Å². The lowest BCUT2D eigenvalue weighted by atomic mass is 10.1. The van der Waals surface area contributed by atoms with Crippen LogP contribution in [-0.4, -0.2) is 27.3 Å². The molecule has 0 fully saturated rings. The number of benzene rings is 3. The van der Waals surface area contributed by atoms with Gasteiger partial charge in [0, 0.05) is 17.2 Å². The largest absolute Gasteiger partial charge is 0.493 e. The first kappa shape index (κ1) is 19.6. The Hall–Kier alpha value is -3.73. The molecule has 0 heterocycles. The van der Waals surface area contributed by atoms with Gasteiger partial charge >= 0.3 is 5.97 Å². The zero-order chi connectivity index (χ0) is 21.1. The normalized spacial score (nSPS) is 12.4. The van der Waals surface area contributed by atoms with Crippen molar-refractivity contribution in [3.05, 3.63) is 83.4 Å². The Morgan fingerprint density at radius 3 is 1.83 bits per heavy atom. The Labute approximate surface area is 175 Å². The minimum atomic E-state index is -0.430. The van der Waals surface area contributed by atoms with E-state index in [1.54, 1.807) is 39.5 Å². The van der Waals surface area contributed by atoms with Crippen molar-refractivity contribution >= 4 is 12.0 Å². The van der Waals surface area contributed by atoms with Crippen molar-refractivity contribution in [3.8, 4) is 28.4 Å². The van der Waals surface area contributed by atoms with Gasteiger partial charge in [-0.05, 0) is 34.9 Å². The van der Waals surface area contributed by atoms with Gasteiger partial charge < -0.3 is 18.9 Å². The lowest BCUT2D eigenvalue weighted by Gasteiger charge is -2.14. The van der Waals surface area contributed by atoms with Crippen molar-refractivity contribution in [1.82, 2.24) is 0 Å². The second-order valence-corrected chi connectivity index (χ2v) is 6.78. The maximum Gasteiger partial charge on any atom is 0.331 e. The average Bonchev–Trinajstić information content (AvgIpc) is 3.10. The molecule has 0 bridgehead atoms. The molecular formula is C25H22O5. The first-order valence-corrected chi connectivity index (χ1v) is 9.53. The van der Waals surface area contributed by atoms with E-state index in [2.05, 4.69) is 0 Å². The molecule has 3 aromatic carbocycles. The Morgan fingerprint density at radius 1 is 0.800 bits per heavy atom. The summed E-state index contributed by atoms with van der Waals surface area (Å²) in [6, 6.07) is 19.5. The first-order chi connectivity index (χ1) is 14.7. The molecule has 30 heavy (non-hydrogen) atoms. The molecule has 5 heteroatoms. The van der Waals surface area contributed by atoms with Crippen LogP contribution in [-0.2, 0) is 9.53 Å². The van der Waals surface area contributed by atoms with E-state index in [1.807, 2.05) is 48.5 Å². The standard InChI is InChI=1S/C25H22O5/c1-27-21-14-16(15-22(28-2)25(21)29-3)12-13-23(26)30-24-19-10-6-4-8-17(19)18-9-5-7-11-20(18)24/h4-15,24H,1-3H3/b13-12+. The van der Waals surface area contributed by atoms with Crippen LogP contribution in [0.4, 0.5) is 0 Å². The highest BCUT2D eigenvalue weighted by molar-refractivity contribution is 5.89. The van der Waals surface area contributed by atoms with E-state index < -0.39 is 12.1 Å². The second kappa shape index (κ2) is 8.33. The van der Waals surface area contributed by atoms with Gasteiger partial charge in [-0.3, -0.25) is 0 Å². The van der Waals surface area contributed by atoms with Gasteiger partial charge in [0.05, 0.1) is 21.3 Å². The molecule has 0 N–H and O–H groups in total. The molecule has 0 aromatic heterocycles. The topological polar surface area (TPSA) is 54.0 Å². The zero-order valence-electron chi connectivity index (χ0n) is 17.0. The number of esters is 1. The molecule has 0 radical (unpaired) electrons. The number of carbonyl (C=O) groups excluding carboxylic acids is 1. The zero-order valence-corrected chi connectivity index (χ0v) is 17.0. The van der Waals surface area contributed by atoms with Crippen LogP contribution in [0.5, 0.6) is 17.2 Å². The molecule has 0 spiro atoms. The summed E-state index contributed by atoms with van der Waals surface area (Å²) >= 11 is 0. The molecule has 4 rings (SSSR count). The van der Waals surface area contributed by atoms with Gasteiger partial charge in [0.25, 0.3) is 0 Å². The molecule has 0 unspecified atom stereocenters. The molecule has 0 amide bonds. The molecule has 5 nitrogen and oxygen atoms in total. The Kier molecular flexibility index (Phi) is 5.44. The van der Waals surface area contributed by atoms with Crippen LogP contribution in [0.3, 0.4) is 0 Å². The van der Waals surface area contributed by atoms with Crippen LogP contribution in [0.15, 0.2) is 66.7 Å². The van der Waals surface area contributed by atoms with Crippen LogP contribution < -0.4 is 14.2 Å². The Morgan fingerprint density at radius 2 is 1.33 bits per heavy atom. The van der Waals surface area contributed by atoms with Crippen LogP contribution in [0, 0.1) is 0 Å². The van der Waals surface area contributed by atoms with E-state index in [0.717, 1.165) is 27.8 Å². The minimum absolute atomic E-state index is 0.422. The van der Waals surface area contributed by atoms with Gasteiger partial charge in [-0.1, -0.05) is 48.5 Å². The summed E-state index contributed by atoms with van der Waals surface area (Å²) in [6.07, 6.45) is 2.65. The van der Waals surface area contributed by atoms with Crippen molar-refractivity contribution in [2.24, 2.45) is 0 Å². The molecule has 0 atom stereocenters. The van der Waals surface area contributed by atoms with Crippen molar-refractivity contribution in [2.75, 3.05) is 21.3 Å². The van der Waals surface area contributed by atoms with E-state index in [-0.39, 0.29) is 0 Å². The lowest BCUT2D eigenvalue weighted by Crippen LogP contribution is -2.08. The third-order valence-corrected chi connectivity index (χ3v) is 5.11. The third kappa shape index (κ3) is 3.50. The minimum Gasteiger partial charge on any atom is -0.493 e. The summed E-state index contributed by atoms with van der Waals surface area (Å²) < 4.78 is 21.9. The molecule has 1 aliphatic rings. The predicted molar refractivity (Wildman–Crippen MR) is 115 cm³/mol. The van der Waals surface area contributed by atoms with Crippen LogP contribution in [0.1, 0.15) is 22.8 Å². The van der Waals surface area contributed by atoms with Crippen LogP contribution in [0.2, 0.25) is 0 Å². The summed E-state index contributed by atoms with van der Waals surface area (Å²) in [5.74, 6) is 1.10. The van der Waals surface area contributed by atoms with Crippen molar-refractivity contribution < 1.29 is 23.7 Å². The quantitative estimate of drug-likeness (QED) is 0.427.